The molecule has 0 aromatic carbocycles. The minimum absolute atomic E-state index is 0.0825. The standard InChI is InChI=1S/C11H17N7O2S/c1-7(2)13-6-9-10(8(3)15-16-9)21(19,20)18-11-12-4-5-14-17-11/h4-5,7,13H,6H2,1-3H3,(H,15,16)(H,12,17,18). The SMILES string of the molecule is Cc1[nH]nc(CNC(C)C)c1S(=O)(=O)Nc1nccnn1. The van der Waals surface area contributed by atoms with E-state index >= 15 is 0 Å². The molecule has 2 aromatic heterocycles. The van der Waals surface area contributed by atoms with Crippen LogP contribution in [0.5, 0.6) is 0 Å². The fraction of sp³-hybridized carbons (Fsp3) is 0.455. The Morgan fingerprint density at radius 2 is 2.10 bits per heavy atom. The van der Waals surface area contributed by atoms with E-state index in [0.29, 0.717) is 17.9 Å². The van der Waals surface area contributed by atoms with Crippen LogP contribution < -0.4 is 10.0 Å². The highest BCUT2D eigenvalue weighted by atomic mass is 32.2. The van der Waals surface area contributed by atoms with Crippen molar-refractivity contribution in [2.45, 2.75) is 38.3 Å². The summed E-state index contributed by atoms with van der Waals surface area (Å²) in [6.07, 6.45) is 2.72. The molecule has 0 atom stereocenters. The summed E-state index contributed by atoms with van der Waals surface area (Å²) in [5, 5.41) is 17.0. The summed E-state index contributed by atoms with van der Waals surface area (Å²) in [5.41, 5.74) is 0.865. The maximum absolute atomic E-state index is 12.4. The molecule has 10 heteroatoms. The van der Waals surface area contributed by atoms with E-state index in [1.165, 1.54) is 12.4 Å². The van der Waals surface area contributed by atoms with E-state index in [4.69, 9.17) is 0 Å². The first-order chi connectivity index (χ1) is 9.90. The number of sulfonamides is 1. The summed E-state index contributed by atoms with van der Waals surface area (Å²) in [5.74, 6) is -0.0825. The zero-order chi connectivity index (χ0) is 15.5. The number of hydrogen-bond donors (Lipinski definition) is 3. The molecule has 0 radical (unpaired) electrons. The molecule has 2 aromatic rings. The predicted octanol–water partition coefficient (Wildman–Crippen LogP) is 0.202. The lowest BCUT2D eigenvalue weighted by Crippen LogP contribution is -2.24. The second kappa shape index (κ2) is 6.14. The van der Waals surface area contributed by atoms with Crippen molar-refractivity contribution in [3.05, 3.63) is 23.8 Å². The highest BCUT2D eigenvalue weighted by molar-refractivity contribution is 7.92. The third kappa shape index (κ3) is 3.73. The first-order valence-corrected chi connectivity index (χ1v) is 7.82. The van der Waals surface area contributed by atoms with Gasteiger partial charge < -0.3 is 5.32 Å². The molecular weight excluding hydrogens is 294 g/mol. The smallest absolute Gasteiger partial charge is 0.267 e. The van der Waals surface area contributed by atoms with Crippen LogP contribution in [0.1, 0.15) is 25.2 Å². The van der Waals surface area contributed by atoms with Crippen LogP contribution in [0, 0.1) is 6.92 Å². The number of aromatic nitrogens is 5. The van der Waals surface area contributed by atoms with E-state index in [9.17, 15) is 8.42 Å². The van der Waals surface area contributed by atoms with Crippen molar-refractivity contribution in [2.75, 3.05) is 4.72 Å². The number of nitrogens with one attached hydrogen (secondary N) is 3. The van der Waals surface area contributed by atoms with Gasteiger partial charge in [-0.2, -0.15) is 10.2 Å². The molecule has 0 aliphatic heterocycles. The fourth-order valence-corrected chi connectivity index (χ4v) is 3.02. The van der Waals surface area contributed by atoms with Gasteiger partial charge in [0.2, 0.25) is 0 Å². The minimum atomic E-state index is -3.83. The van der Waals surface area contributed by atoms with Crippen LogP contribution >= 0.6 is 0 Å². The van der Waals surface area contributed by atoms with Crippen LogP contribution in [0.15, 0.2) is 17.3 Å². The Kier molecular flexibility index (Phi) is 4.48. The average Bonchev–Trinajstić information content (AvgIpc) is 2.79. The Morgan fingerprint density at radius 3 is 2.71 bits per heavy atom. The molecule has 0 aliphatic rings. The summed E-state index contributed by atoms with van der Waals surface area (Å²) < 4.78 is 27.2. The maximum Gasteiger partial charge on any atom is 0.267 e. The van der Waals surface area contributed by atoms with E-state index in [2.05, 4.69) is 35.4 Å². The van der Waals surface area contributed by atoms with E-state index < -0.39 is 10.0 Å². The molecule has 0 bridgehead atoms. The van der Waals surface area contributed by atoms with E-state index in [1.54, 1.807) is 6.92 Å². The second-order valence-electron chi connectivity index (χ2n) is 4.73. The number of hydrogen-bond acceptors (Lipinski definition) is 7. The third-order valence-corrected chi connectivity index (χ3v) is 4.15. The Labute approximate surface area is 122 Å². The van der Waals surface area contributed by atoms with Crippen LogP contribution in [0.2, 0.25) is 0 Å². The number of nitrogens with zero attached hydrogens (tertiary/aromatic N) is 4. The summed E-state index contributed by atoms with van der Waals surface area (Å²) in [4.78, 5) is 3.90. The lowest BCUT2D eigenvalue weighted by Gasteiger charge is -2.09. The molecular formula is C11H17N7O2S. The van der Waals surface area contributed by atoms with Crippen molar-refractivity contribution in [1.82, 2.24) is 30.7 Å². The Morgan fingerprint density at radius 1 is 1.33 bits per heavy atom. The monoisotopic (exact) mass is 311 g/mol. The number of aromatic amines is 1. The van der Waals surface area contributed by atoms with Crippen molar-refractivity contribution in [2.24, 2.45) is 0 Å². The summed E-state index contributed by atoms with van der Waals surface area (Å²) in [6.45, 7) is 5.92. The topological polar surface area (TPSA) is 126 Å². The normalized spacial score (nSPS) is 11.8. The van der Waals surface area contributed by atoms with Crippen molar-refractivity contribution in [3.8, 4) is 0 Å². The molecule has 0 spiro atoms. The van der Waals surface area contributed by atoms with Gasteiger partial charge in [-0.25, -0.2) is 18.1 Å². The summed E-state index contributed by atoms with van der Waals surface area (Å²) in [6, 6.07) is 0.215. The van der Waals surface area contributed by atoms with Crippen LogP contribution in [0.4, 0.5) is 5.95 Å². The van der Waals surface area contributed by atoms with Gasteiger partial charge in [0, 0.05) is 12.6 Å². The third-order valence-electron chi connectivity index (χ3n) is 2.62. The van der Waals surface area contributed by atoms with Gasteiger partial charge in [-0.3, -0.25) is 5.10 Å². The molecule has 0 saturated heterocycles. The number of anilines is 1. The summed E-state index contributed by atoms with van der Waals surface area (Å²) in [7, 11) is -3.83. The van der Waals surface area contributed by atoms with Gasteiger partial charge >= 0.3 is 0 Å². The van der Waals surface area contributed by atoms with Crippen LogP contribution in [0.25, 0.3) is 0 Å². The van der Waals surface area contributed by atoms with Crippen molar-refractivity contribution in [1.29, 1.82) is 0 Å². The van der Waals surface area contributed by atoms with Gasteiger partial charge in [-0.05, 0) is 6.92 Å². The molecule has 114 valence electrons. The first-order valence-electron chi connectivity index (χ1n) is 6.34. The fourth-order valence-electron chi connectivity index (χ4n) is 1.71. The molecule has 0 saturated carbocycles. The Bertz CT molecular complexity index is 697. The highest BCUT2D eigenvalue weighted by Gasteiger charge is 2.25. The Balaban J connectivity index is 2.29. The molecule has 0 amide bonds. The zero-order valence-electron chi connectivity index (χ0n) is 12.0. The van der Waals surface area contributed by atoms with E-state index in [0.717, 1.165) is 0 Å². The molecule has 21 heavy (non-hydrogen) atoms. The molecule has 0 aliphatic carbocycles. The maximum atomic E-state index is 12.4. The van der Waals surface area contributed by atoms with E-state index in [1.807, 2.05) is 13.8 Å². The minimum Gasteiger partial charge on any atom is -0.309 e. The lowest BCUT2D eigenvalue weighted by atomic mass is 10.3. The zero-order valence-corrected chi connectivity index (χ0v) is 12.8. The molecule has 0 fully saturated rings. The van der Waals surface area contributed by atoms with Crippen molar-refractivity contribution >= 4 is 16.0 Å². The number of aryl methyl sites for hydroxylation is 1. The van der Waals surface area contributed by atoms with E-state index in [-0.39, 0.29) is 16.9 Å². The first kappa shape index (κ1) is 15.3. The molecule has 2 rings (SSSR count). The number of H-pyrrole nitrogens is 1. The van der Waals surface area contributed by atoms with Gasteiger partial charge in [0.1, 0.15) is 4.90 Å². The Hall–Kier alpha value is -2.07. The van der Waals surface area contributed by atoms with Crippen LogP contribution in [-0.2, 0) is 16.6 Å². The molecule has 2 heterocycles. The lowest BCUT2D eigenvalue weighted by molar-refractivity contribution is 0.570. The van der Waals surface area contributed by atoms with Crippen molar-refractivity contribution in [3.63, 3.8) is 0 Å². The predicted molar refractivity (Wildman–Crippen MR) is 75.9 cm³/mol. The molecule has 0 unspecified atom stereocenters. The molecule has 3 N–H and O–H groups in total. The highest BCUT2D eigenvalue weighted by Crippen LogP contribution is 2.19. The van der Waals surface area contributed by atoms with Crippen LogP contribution in [0.3, 0.4) is 0 Å². The van der Waals surface area contributed by atoms with Gasteiger partial charge in [0.05, 0.1) is 23.8 Å². The largest absolute Gasteiger partial charge is 0.309 e. The molecule has 9 nitrogen and oxygen atoms in total. The van der Waals surface area contributed by atoms with Gasteiger partial charge in [-0.1, -0.05) is 13.8 Å². The van der Waals surface area contributed by atoms with Gasteiger partial charge in [0.15, 0.2) is 0 Å². The average molecular weight is 311 g/mol. The van der Waals surface area contributed by atoms with Gasteiger partial charge in [-0.15, -0.1) is 5.10 Å². The second-order valence-corrected chi connectivity index (χ2v) is 6.35. The van der Waals surface area contributed by atoms with Crippen LogP contribution in [-0.4, -0.2) is 39.8 Å². The number of rotatable bonds is 6. The van der Waals surface area contributed by atoms with Gasteiger partial charge in [0.25, 0.3) is 16.0 Å². The quantitative estimate of drug-likeness (QED) is 0.695. The summed E-state index contributed by atoms with van der Waals surface area (Å²) >= 11 is 0. The van der Waals surface area contributed by atoms with Crippen molar-refractivity contribution < 1.29 is 8.42 Å².